The summed E-state index contributed by atoms with van der Waals surface area (Å²) in [6.07, 6.45) is 22.6. The first-order chi connectivity index (χ1) is 23.5. The lowest BCUT2D eigenvalue weighted by molar-refractivity contribution is 0.110. The molecule has 0 saturated carbocycles. The SMILES string of the molecule is C.C.C.C.CC(C)(C)N1CCCC1.CC(C)(C)N1CCCCC1.CC(C)(C)N1CCCCC1.CC(C)(C)N1CCCCCC1.CC(C)(C)N1CCCCCC1. The van der Waals surface area contributed by atoms with E-state index in [2.05, 4.69) is 128 Å². The van der Waals surface area contributed by atoms with Gasteiger partial charge < -0.3 is 0 Å². The van der Waals surface area contributed by atoms with Gasteiger partial charge in [0.05, 0.1) is 0 Å². The normalized spacial score (nSPS) is 21.4. The average Bonchev–Trinajstić information content (AvgIpc) is 3.26. The summed E-state index contributed by atoms with van der Waals surface area (Å²) >= 11 is 0. The van der Waals surface area contributed by atoms with Crippen LogP contribution in [0.3, 0.4) is 0 Å². The summed E-state index contributed by atoms with van der Waals surface area (Å²) in [5.74, 6) is 0. The Morgan fingerprint density at radius 1 is 0.182 bits per heavy atom. The van der Waals surface area contributed by atoms with Gasteiger partial charge in [0.2, 0.25) is 0 Å². The summed E-state index contributed by atoms with van der Waals surface area (Å²) in [5, 5.41) is 0. The van der Waals surface area contributed by atoms with Crippen LogP contribution in [0.15, 0.2) is 0 Å². The van der Waals surface area contributed by atoms with Gasteiger partial charge >= 0.3 is 0 Å². The van der Waals surface area contributed by atoms with Crippen molar-refractivity contribution in [2.45, 2.75) is 264 Å². The van der Waals surface area contributed by atoms with Crippen LogP contribution in [0.1, 0.15) is 236 Å². The first-order valence-corrected chi connectivity index (χ1v) is 22.3. The summed E-state index contributed by atoms with van der Waals surface area (Å²) in [5.41, 5.74) is 2.01. The van der Waals surface area contributed by atoms with Crippen LogP contribution in [0.25, 0.3) is 0 Å². The molecule has 0 aliphatic carbocycles. The van der Waals surface area contributed by atoms with Crippen LogP contribution < -0.4 is 0 Å². The van der Waals surface area contributed by atoms with Crippen LogP contribution in [0.2, 0.25) is 0 Å². The standard InChI is InChI=1S/2C10H21N.2C9H19N.C8H17N.4CH4/c2*1-10(2,3)11-8-6-4-5-7-9-11;2*1-9(2,3)10-7-5-4-6-8-10;1-8(2,3)9-6-4-5-7-9;;;;/h2*4-9H2,1-3H3;2*4-8H2,1-3H3;4-7H2,1-3H3;4*1H4. The van der Waals surface area contributed by atoms with E-state index < -0.39 is 0 Å². The van der Waals surface area contributed by atoms with Crippen molar-refractivity contribution in [3.8, 4) is 0 Å². The van der Waals surface area contributed by atoms with E-state index >= 15 is 0 Å². The maximum Gasteiger partial charge on any atom is 0.0125 e. The van der Waals surface area contributed by atoms with E-state index in [0.29, 0.717) is 27.7 Å². The molecule has 5 nitrogen and oxygen atoms in total. The van der Waals surface area contributed by atoms with E-state index in [-0.39, 0.29) is 29.7 Å². The molecule has 5 saturated heterocycles. The highest BCUT2D eigenvalue weighted by Crippen LogP contribution is 2.22. The van der Waals surface area contributed by atoms with Gasteiger partial charge in [-0.05, 0) is 234 Å². The molecule has 0 aromatic rings. The molecule has 0 bridgehead atoms. The van der Waals surface area contributed by atoms with Crippen molar-refractivity contribution in [1.29, 1.82) is 0 Å². The second kappa shape index (κ2) is 29.9. The molecule has 0 atom stereocenters. The third-order valence-electron chi connectivity index (χ3n) is 11.8. The molecule has 0 radical (unpaired) electrons. The summed E-state index contributed by atoms with van der Waals surface area (Å²) in [7, 11) is 0. The van der Waals surface area contributed by atoms with Crippen LogP contribution in [0, 0.1) is 0 Å². The third-order valence-corrected chi connectivity index (χ3v) is 11.8. The molecule has 0 amide bonds. The molecule has 0 spiro atoms. The molecule has 5 heterocycles. The zero-order chi connectivity index (χ0) is 38.8. The quantitative estimate of drug-likeness (QED) is 0.242. The molecule has 0 N–H and O–H groups in total. The van der Waals surface area contributed by atoms with Crippen LogP contribution >= 0.6 is 0 Å². The third kappa shape index (κ3) is 28.8. The Labute approximate surface area is 352 Å². The Kier molecular flexibility index (Phi) is 33.4. The van der Waals surface area contributed by atoms with Gasteiger partial charge in [-0.3, -0.25) is 24.5 Å². The number of piperidine rings is 2. The van der Waals surface area contributed by atoms with Crippen LogP contribution in [0.5, 0.6) is 0 Å². The van der Waals surface area contributed by atoms with Crippen molar-refractivity contribution in [2.75, 3.05) is 65.4 Å². The second-order valence-electron chi connectivity index (χ2n) is 21.4. The van der Waals surface area contributed by atoms with Crippen molar-refractivity contribution in [3.05, 3.63) is 0 Å². The first-order valence-electron chi connectivity index (χ1n) is 22.3. The molecule has 0 unspecified atom stereocenters. The zero-order valence-electron chi connectivity index (χ0n) is 38.1. The number of nitrogens with zero attached hydrogens (tertiary/aromatic N) is 5. The fraction of sp³-hybridized carbons (Fsp3) is 1.00. The average molecular weight is 784 g/mol. The molecule has 55 heavy (non-hydrogen) atoms. The molecule has 5 aliphatic heterocycles. The highest BCUT2D eigenvalue weighted by Gasteiger charge is 2.25. The molecule has 5 heteroatoms. The number of rotatable bonds is 0. The monoisotopic (exact) mass is 784 g/mol. The van der Waals surface area contributed by atoms with E-state index in [0.717, 1.165) is 0 Å². The van der Waals surface area contributed by atoms with Crippen molar-refractivity contribution in [1.82, 2.24) is 24.5 Å². The van der Waals surface area contributed by atoms with Gasteiger partial charge in [0.15, 0.2) is 0 Å². The van der Waals surface area contributed by atoms with Crippen molar-refractivity contribution < 1.29 is 0 Å². The van der Waals surface area contributed by atoms with Crippen molar-refractivity contribution in [2.24, 2.45) is 0 Å². The fourth-order valence-corrected chi connectivity index (χ4v) is 8.00. The Balaban J connectivity index is -0.000000291. The van der Waals surface area contributed by atoms with E-state index in [9.17, 15) is 0 Å². The molecule has 5 rings (SSSR count). The molecule has 5 fully saturated rings. The number of hydrogen-bond acceptors (Lipinski definition) is 5. The van der Waals surface area contributed by atoms with Gasteiger partial charge in [0.1, 0.15) is 0 Å². The van der Waals surface area contributed by atoms with E-state index in [1.807, 2.05) is 0 Å². The predicted molar refractivity (Wildman–Crippen MR) is 257 cm³/mol. The highest BCUT2D eigenvalue weighted by atomic mass is 15.2. The predicted octanol–water partition coefficient (Wildman–Crippen LogP) is 14.3. The molecule has 0 aromatic heterocycles. The van der Waals surface area contributed by atoms with Gasteiger partial charge in [-0.25, -0.2) is 0 Å². The minimum Gasteiger partial charge on any atom is -0.298 e. The first kappa shape index (κ1) is 61.5. The van der Waals surface area contributed by atoms with Gasteiger partial charge in [-0.15, -0.1) is 0 Å². The summed E-state index contributed by atoms with van der Waals surface area (Å²) < 4.78 is 0. The van der Waals surface area contributed by atoms with Crippen LogP contribution in [-0.2, 0) is 0 Å². The Bertz CT molecular complexity index is 758. The lowest BCUT2D eigenvalue weighted by Gasteiger charge is -2.38. The Hall–Kier alpha value is -0.200. The fourth-order valence-electron chi connectivity index (χ4n) is 8.00. The molecular weight excluding hydrogens is 671 g/mol. The minimum atomic E-state index is 0. The van der Waals surface area contributed by atoms with Gasteiger partial charge in [-0.2, -0.15) is 0 Å². The van der Waals surface area contributed by atoms with Gasteiger partial charge in [-0.1, -0.05) is 68.2 Å². The lowest BCUT2D eigenvalue weighted by atomic mass is 10.0. The molecule has 5 aliphatic rings. The Morgan fingerprint density at radius 2 is 0.273 bits per heavy atom. The maximum absolute atomic E-state index is 2.61. The van der Waals surface area contributed by atoms with Crippen LogP contribution in [0.4, 0.5) is 0 Å². The maximum atomic E-state index is 2.61. The van der Waals surface area contributed by atoms with Gasteiger partial charge in [0, 0.05) is 27.7 Å². The second-order valence-corrected chi connectivity index (χ2v) is 21.4. The highest BCUT2D eigenvalue weighted by molar-refractivity contribution is 4.81. The largest absolute Gasteiger partial charge is 0.298 e. The molecular formula is C50H113N5. The lowest BCUT2D eigenvalue weighted by Crippen LogP contribution is -2.44. The molecule has 338 valence electrons. The number of hydrogen-bond donors (Lipinski definition) is 0. The van der Waals surface area contributed by atoms with E-state index in [4.69, 9.17) is 0 Å². The summed E-state index contributed by atoms with van der Waals surface area (Å²) in [4.78, 5) is 12.9. The van der Waals surface area contributed by atoms with Crippen molar-refractivity contribution >= 4 is 0 Å². The Morgan fingerprint density at radius 3 is 0.382 bits per heavy atom. The van der Waals surface area contributed by atoms with Crippen molar-refractivity contribution in [3.63, 3.8) is 0 Å². The zero-order valence-corrected chi connectivity index (χ0v) is 38.1. The summed E-state index contributed by atoms with van der Waals surface area (Å²) in [6.45, 7) is 47.7. The smallest absolute Gasteiger partial charge is 0.0125 e. The van der Waals surface area contributed by atoms with E-state index in [1.54, 1.807) is 0 Å². The topological polar surface area (TPSA) is 16.2 Å². The van der Waals surface area contributed by atoms with E-state index in [1.165, 1.54) is 168 Å². The minimum absolute atomic E-state index is 0. The molecule has 0 aromatic carbocycles. The summed E-state index contributed by atoms with van der Waals surface area (Å²) in [6, 6.07) is 0. The van der Waals surface area contributed by atoms with Crippen LogP contribution in [-0.4, -0.2) is 118 Å². The van der Waals surface area contributed by atoms with Gasteiger partial charge in [0.25, 0.3) is 0 Å². The number of likely N-dealkylation sites (tertiary alicyclic amines) is 5.